The van der Waals surface area contributed by atoms with E-state index >= 15 is 0 Å². The standard InChI is InChI=1S/C24H30N2O3/c1-28-21-13-12-19(17-22(21)29-2)20-11-8-16-26(20)24(27)23(25-14-6-7-15-25)18-9-4-3-5-10-18/h3-5,9-10,12-13,17,20,23H,6-8,11,14-16H2,1-2H3/t20-,23+/m1/s1. The number of carbonyl (C=O) groups excluding carboxylic acids is 1. The molecule has 2 saturated heterocycles. The average Bonchev–Trinajstić information content (AvgIpc) is 3.46. The van der Waals surface area contributed by atoms with Crippen LogP contribution >= 0.6 is 0 Å². The first-order valence-corrected chi connectivity index (χ1v) is 10.5. The molecule has 2 aromatic carbocycles. The Balaban J connectivity index is 1.63. The first-order valence-electron chi connectivity index (χ1n) is 10.5. The predicted octanol–water partition coefficient (Wildman–Crippen LogP) is 4.20. The van der Waals surface area contributed by atoms with Crippen LogP contribution in [0.4, 0.5) is 0 Å². The molecule has 0 bridgehead atoms. The maximum absolute atomic E-state index is 13.8. The number of likely N-dealkylation sites (tertiary alicyclic amines) is 2. The van der Waals surface area contributed by atoms with Crippen LogP contribution in [0, 0.1) is 0 Å². The van der Waals surface area contributed by atoms with Gasteiger partial charge in [-0.25, -0.2) is 0 Å². The van der Waals surface area contributed by atoms with Crippen LogP contribution in [0.3, 0.4) is 0 Å². The summed E-state index contributed by atoms with van der Waals surface area (Å²) in [5.74, 6) is 1.64. The summed E-state index contributed by atoms with van der Waals surface area (Å²) in [6.07, 6.45) is 4.32. The van der Waals surface area contributed by atoms with Crippen molar-refractivity contribution in [3.63, 3.8) is 0 Å². The van der Waals surface area contributed by atoms with E-state index in [1.54, 1.807) is 14.2 Å². The number of methoxy groups -OCH3 is 2. The second-order valence-corrected chi connectivity index (χ2v) is 7.86. The Morgan fingerprint density at radius 2 is 1.66 bits per heavy atom. The van der Waals surface area contributed by atoms with E-state index in [0.29, 0.717) is 11.5 Å². The third-order valence-corrected chi connectivity index (χ3v) is 6.18. The lowest BCUT2D eigenvalue weighted by Crippen LogP contribution is -2.42. The van der Waals surface area contributed by atoms with E-state index in [-0.39, 0.29) is 18.0 Å². The van der Waals surface area contributed by atoms with Crippen LogP contribution in [0.5, 0.6) is 11.5 Å². The smallest absolute Gasteiger partial charge is 0.245 e. The molecule has 5 heteroatoms. The highest BCUT2D eigenvalue weighted by Crippen LogP contribution is 2.39. The first kappa shape index (κ1) is 19.8. The van der Waals surface area contributed by atoms with E-state index in [1.807, 2.05) is 30.3 Å². The molecule has 0 saturated carbocycles. The third-order valence-electron chi connectivity index (χ3n) is 6.18. The molecule has 5 nitrogen and oxygen atoms in total. The number of hydrogen-bond donors (Lipinski definition) is 0. The van der Waals surface area contributed by atoms with Gasteiger partial charge in [-0.3, -0.25) is 9.69 Å². The van der Waals surface area contributed by atoms with Gasteiger partial charge in [-0.1, -0.05) is 36.4 Å². The van der Waals surface area contributed by atoms with Gasteiger partial charge in [0.15, 0.2) is 11.5 Å². The summed E-state index contributed by atoms with van der Waals surface area (Å²) in [4.78, 5) is 18.3. The van der Waals surface area contributed by atoms with Crippen LogP contribution < -0.4 is 9.47 Å². The lowest BCUT2D eigenvalue weighted by molar-refractivity contribution is -0.138. The average molecular weight is 395 g/mol. The summed E-state index contributed by atoms with van der Waals surface area (Å²) in [5.41, 5.74) is 2.21. The quantitative estimate of drug-likeness (QED) is 0.736. The van der Waals surface area contributed by atoms with Gasteiger partial charge >= 0.3 is 0 Å². The van der Waals surface area contributed by atoms with E-state index in [1.165, 1.54) is 0 Å². The number of amides is 1. The lowest BCUT2D eigenvalue weighted by Gasteiger charge is -2.34. The molecule has 2 heterocycles. The van der Waals surface area contributed by atoms with E-state index < -0.39 is 0 Å². The molecule has 4 rings (SSSR count). The largest absolute Gasteiger partial charge is 0.493 e. The van der Waals surface area contributed by atoms with Crippen molar-refractivity contribution in [2.24, 2.45) is 0 Å². The molecule has 2 aliphatic rings. The van der Waals surface area contributed by atoms with Crippen LogP contribution in [0.2, 0.25) is 0 Å². The van der Waals surface area contributed by atoms with Gasteiger partial charge in [0.1, 0.15) is 6.04 Å². The van der Waals surface area contributed by atoms with Gasteiger partial charge in [-0.05, 0) is 62.0 Å². The van der Waals surface area contributed by atoms with Crippen molar-refractivity contribution in [2.75, 3.05) is 33.9 Å². The maximum Gasteiger partial charge on any atom is 0.245 e. The van der Waals surface area contributed by atoms with E-state index in [9.17, 15) is 4.79 Å². The molecule has 2 aliphatic heterocycles. The Kier molecular flexibility index (Phi) is 6.05. The Morgan fingerprint density at radius 1 is 0.931 bits per heavy atom. The highest BCUT2D eigenvalue weighted by molar-refractivity contribution is 5.84. The number of hydrogen-bond acceptors (Lipinski definition) is 4. The summed E-state index contributed by atoms with van der Waals surface area (Å²) in [6.45, 7) is 2.77. The van der Waals surface area contributed by atoms with Crippen molar-refractivity contribution >= 4 is 5.91 Å². The molecule has 154 valence electrons. The zero-order valence-corrected chi connectivity index (χ0v) is 17.3. The second-order valence-electron chi connectivity index (χ2n) is 7.86. The number of benzene rings is 2. The molecule has 2 atom stereocenters. The van der Waals surface area contributed by atoms with Crippen LogP contribution in [0.1, 0.15) is 48.9 Å². The van der Waals surface area contributed by atoms with Gasteiger partial charge in [-0.15, -0.1) is 0 Å². The monoisotopic (exact) mass is 394 g/mol. The Bertz CT molecular complexity index is 833. The van der Waals surface area contributed by atoms with Gasteiger partial charge in [0.05, 0.1) is 20.3 Å². The maximum atomic E-state index is 13.8. The van der Waals surface area contributed by atoms with E-state index in [2.05, 4.69) is 28.0 Å². The fraction of sp³-hybridized carbons (Fsp3) is 0.458. The molecule has 1 amide bonds. The number of nitrogens with zero attached hydrogens (tertiary/aromatic N) is 2. The van der Waals surface area contributed by atoms with Crippen LogP contribution in [-0.4, -0.2) is 49.6 Å². The van der Waals surface area contributed by atoms with Gasteiger partial charge in [0.2, 0.25) is 5.91 Å². The Labute approximate surface area is 173 Å². The highest BCUT2D eigenvalue weighted by atomic mass is 16.5. The Hall–Kier alpha value is -2.53. The molecule has 0 radical (unpaired) electrons. The van der Waals surface area contributed by atoms with E-state index in [0.717, 1.165) is 56.4 Å². The fourth-order valence-electron chi connectivity index (χ4n) is 4.74. The number of ether oxygens (including phenoxy) is 2. The second kappa shape index (κ2) is 8.87. The van der Waals surface area contributed by atoms with Crippen LogP contribution in [0.25, 0.3) is 0 Å². The van der Waals surface area contributed by atoms with Crippen molar-refractivity contribution < 1.29 is 14.3 Å². The third kappa shape index (κ3) is 3.97. The number of rotatable bonds is 6. The minimum atomic E-state index is -0.195. The molecular weight excluding hydrogens is 364 g/mol. The molecule has 29 heavy (non-hydrogen) atoms. The lowest BCUT2D eigenvalue weighted by atomic mass is 10.0. The molecule has 2 fully saturated rings. The highest BCUT2D eigenvalue weighted by Gasteiger charge is 2.38. The summed E-state index contributed by atoms with van der Waals surface area (Å²) in [6, 6.07) is 16.1. The molecule has 0 N–H and O–H groups in total. The summed E-state index contributed by atoms with van der Waals surface area (Å²) >= 11 is 0. The zero-order chi connectivity index (χ0) is 20.2. The summed E-state index contributed by atoms with van der Waals surface area (Å²) < 4.78 is 10.9. The molecule has 0 aromatic heterocycles. The minimum Gasteiger partial charge on any atom is -0.493 e. The normalized spacial score (nSPS) is 20.6. The van der Waals surface area contributed by atoms with Crippen molar-refractivity contribution in [1.29, 1.82) is 0 Å². The molecule has 0 unspecified atom stereocenters. The molecule has 0 spiro atoms. The minimum absolute atomic E-state index is 0.0797. The summed E-state index contributed by atoms with van der Waals surface area (Å²) in [7, 11) is 3.29. The molecule has 2 aromatic rings. The van der Waals surface area contributed by atoms with Crippen LogP contribution in [0.15, 0.2) is 48.5 Å². The van der Waals surface area contributed by atoms with Gasteiger partial charge in [-0.2, -0.15) is 0 Å². The van der Waals surface area contributed by atoms with Crippen molar-refractivity contribution in [1.82, 2.24) is 9.80 Å². The predicted molar refractivity (Wildman–Crippen MR) is 113 cm³/mol. The van der Waals surface area contributed by atoms with Crippen molar-refractivity contribution in [2.45, 2.75) is 37.8 Å². The van der Waals surface area contributed by atoms with Gasteiger partial charge < -0.3 is 14.4 Å². The zero-order valence-electron chi connectivity index (χ0n) is 17.3. The molecular formula is C24H30N2O3. The van der Waals surface area contributed by atoms with E-state index in [4.69, 9.17) is 9.47 Å². The topological polar surface area (TPSA) is 42.0 Å². The SMILES string of the molecule is COc1ccc([C@H]2CCCN2C(=O)[C@H](c2ccccc2)N2CCCC2)cc1OC. The summed E-state index contributed by atoms with van der Waals surface area (Å²) in [5, 5.41) is 0. The van der Waals surface area contributed by atoms with Crippen LogP contribution in [-0.2, 0) is 4.79 Å². The van der Waals surface area contributed by atoms with Gasteiger partial charge in [0, 0.05) is 6.54 Å². The number of carbonyl (C=O) groups is 1. The fourth-order valence-corrected chi connectivity index (χ4v) is 4.74. The first-order chi connectivity index (χ1) is 14.2. The van der Waals surface area contributed by atoms with Gasteiger partial charge in [0.25, 0.3) is 0 Å². The van der Waals surface area contributed by atoms with Crippen molar-refractivity contribution in [3.8, 4) is 11.5 Å². The Morgan fingerprint density at radius 3 is 2.34 bits per heavy atom. The molecule has 0 aliphatic carbocycles. The van der Waals surface area contributed by atoms with Crippen molar-refractivity contribution in [3.05, 3.63) is 59.7 Å².